The average molecular weight is 310 g/mol. The maximum Gasteiger partial charge on any atom is 0.349 e. The highest BCUT2D eigenvalue weighted by molar-refractivity contribution is 6.32. The van der Waals surface area contributed by atoms with Crippen LogP contribution in [-0.4, -0.2) is 14.9 Å². The molecule has 0 radical (unpaired) electrons. The van der Waals surface area contributed by atoms with Crippen LogP contribution in [0.2, 0.25) is 5.02 Å². The standard InChI is InChI=1S/C12H12ClN5O3/c1-6-3-8(4-7(2)10(6)13)21-11-9(18(19)20)5-15-12(16-11)17-14/h3-5H,14H2,1-2H3,(H,15,16,17). The van der Waals surface area contributed by atoms with Crippen LogP contribution in [0.15, 0.2) is 18.3 Å². The molecule has 0 saturated carbocycles. The van der Waals surface area contributed by atoms with Gasteiger partial charge in [0.2, 0.25) is 5.95 Å². The fourth-order valence-corrected chi connectivity index (χ4v) is 1.82. The second kappa shape index (κ2) is 5.90. The number of hydrogen-bond acceptors (Lipinski definition) is 7. The molecule has 2 aromatic rings. The van der Waals surface area contributed by atoms with Gasteiger partial charge in [-0.2, -0.15) is 4.98 Å². The molecule has 0 unspecified atom stereocenters. The number of rotatable bonds is 4. The van der Waals surface area contributed by atoms with E-state index in [4.69, 9.17) is 22.2 Å². The van der Waals surface area contributed by atoms with Crippen LogP contribution >= 0.6 is 11.6 Å². The summed E-state index contributed by atoms with van der Waals surface area (Å²) >= 11 is 6.07. The van der Waals surface area contributed by atoms with Crippen molar-refractivity contribution in [1.82, 2.24) is 9.97 Å². The Balaban J connectivity index is 2.45. The lowest BCUT2D eigenvalue weighted by Crippen LogP contribution is -2.11. The summed E-state index contributed by atoms with van der Waals surface area (Å²) in [4.78, 5) is 17.9. The number of aryl methyl sites for hydroxylation is 2. The van der Waals surface area contributed by atoms with Crippen molar-refractivity contribution in [2.45, 2.75) is 13.8 Å². The molecule has 110 valence electrons. The number of nitrogens with two attached hydrogens (primary N) is 1. The Kier molecular flexibility index (Phi) is 4.20. The normalized spacial score (nSPS) is 10.3. The van der Waals surface area contributed by atoms with Crippen LogP contribution in [0.5, 0.6) is 11.6 Å². The number of halogens is 1. The fourth-order valence-electron chi connectivity index (χ4n) is 1.71. The van der Waals surface area contributed by atoms with Gasteiger partial charge in [-0.1, -0.05) is 11.6 Å². The van der Waals surface area contributed by atoms with Gasteiger partial charge in [-0.3, -0.25) is 15.5 Å². The smallest absolute Gasteiger partial charge is 0.349 e. The number of nitrogen functional groups attached to an aromatic ring is 1. The van der Waals surface area contributed by atoms with Crippen molar-refractivity contribution in [3.8, 4) is 11.6 Å². The molecule has 0 aliphatic rings. The quantitative estimate of drug-likeness (QED) is 0.506. The van der Waals surface area contributed by atoms with E-state index >= 15 is 0 Å². The van der Waals surface area contributed by atoms with E-state index in [9.17, 15) is 10.1 Å². The molecule has 0 aliphatic heterocycles. The Morgan fingerprint density at radius 3 is 2.52 bits per heavy atom. The Morgan fingerprint density at radius 1 is 1.38 bits per heavy atom. The number of hydrogen-bond donors (Lipinski definition) is 2. The van der Waals surface area contributed by atoms with E-state index in [1.54, 1.807) is 12.1 Å². The van der Waals surface area contributed by atoms with E-state index in [0.717, 1.165) is 17.3 Å². The molecule has 0 spiro atoms. The summed E-state index contributed by atoms with van der Waals surface area (Å²) in [5, 5.41) is 11.6. The predicted molar refractivity (Wildman–Crippen MR) is 77.5 cm³/mol. The highest BCUT2D eigenvalue weighted by Crippen LogP contribution is 2.32. The molecule has 1 aromatic heterocycles. The summed E-state index contributed by atoms with van der Waals surface area (Å²) in [5.41, 5.74) is 3.43. The molecule has 21 heavy (non-hydrogen) atoms. The number of ether oxygens (including phenoxy) is 1. The Hall–Kier alpha value is -2.45. The van der Waals surface area contributed by atoms with Gasteiger partial charge in [-0.05, 0) is 37.1 Å². The molecule has 0 aliphatic carbocycles. The van der Waals surface area contributed by atoms with Crippen LogP contribution < -0.4 is 16.0 Å². The zero-order chi connectivity index (χ0) is 15.6. The van der Waals surface area contributed by atoms with Crippen molar-refractivity contribution in [3.05, 3.63) is 44.6 Å². The van der Waals surface area contributed by atoms with Gasteiger partial charge in [0, 0.05) is 5.02 Å². The number of anilines is 1. The molecule has 0 amide bonds. The molecule has 8 nitrogen and oxygen atoms in total. The second-order valence-corrected chi connectivity index (χ2v) is 4.64. The molecular formula is C12H12ClN5O3. The minimum absolute atomic E-state index is 0.0120. The topological polar surface area (TPSA) is 116 Å². The van der Waals surface area contributed by atoms with E-state index in [1.807, 2.05) is 13.8 Å². The molecule has 0 atom stereocenters. The second-order valence-electron chi connectivity index (χ2n) is 4.26. The summed E-state index contributed by atoms with van der Waals surface area (Å²) in [7, 11) is 0. The maximum absolute atomic E-state index is 11.0. The zero-order valence-electron chi connectivity index (χ0n) is 11.3. The Morgan fingerprint density at radius 2 is 2.00 bits per heavy atom. The number of aromatic nitrogens is 2. The van der Waals surface area contributed by atoms with Gasteiger partial charge < -0.3 is 4.74 Å². The monoisotopic (exact) mass is 309 g/mol. The lowest BCUT2D eigenvalue weighted by molar-refractivity contribution is -0.386. The number of nitro groups is 1. The number of hydrazine groups is 1. The Bertz CT molecular complexity index is 684. The molecule has 1 aromatic carbocycles. The van der Waals surface area contributed by atoms with Gasteiger partial charge in [0.05, 0.1) is 4.92 Å². The van der Waals surface area contributed by atoms with Crippen LogP contribution in [0.4, 0.5) is 11.6 Å². The molecular weight excluding hydrogens is 298 g/mol. The Labute approximate surface area is 125 Å². The minimum Gasteiger partial charge on any atom is -0.434 e. The minimum atomic E-state index is -0.634. The molecule has 0 saturated heterocycles. The summed E-state index contributed by atoms with van der Waals surface area (Å²) < 4.78 is 5.48. The molecule has 2 rings (SSSR count). The highest BCUT2D eigenvalue weighted by Gasteiger charge is 2.20. The summed E-state index contributed by atoms with van der Waals surface area (Å²) in [5.74, 6) is 5.38. The first-order chi connectivity index (χ1) is 9.92. The third-order valence-corrected chi connectivity index (χ3v) is 3.28. The lowest BCUT2D eigenvalue weighted by atomic mass is 10.1. The molecule has 9 heteroatoms. The van der Waals surface area contributed by atoms with Crippen molar-refractivity contribution in [2.24, 2.45) is 5.84 Å². The summed E-state index contributed by atoms with van der Waals surface area (Å²) in [6.45, 7) is 3.62. The molecule has 0 bridgehead atoms. The van der Waals surface area contributed by atoms with Crippen LogP contribution in [0.3, 0.4) is 0 Å². The number of nitrogens with zero attached hydrogens (tertiary/aromatic N) is 3. The summed E-state index contributed by atoms with van der Waals surface area (Å²) in [6.07, 6.45) is 1.02. The number of nitrogens with one attached hydrogen (secondary N) is 1. The first kappa shape index (κ1) is 14.9. The lowest BCUT2D eigenvalue weighted by Gasteiger charge is -2.09. The zero-order valence-corrected chi connectivity index (χ0v) is 12.0. The van der Waals surface area contributed by atoms with Crippen molar-refractivity contribution in [2.75, 3.05) is 5.43 Å². The van der Waals surface area contributed by atoms with E-state index in [0.29, 0.717) is 10.8 Å². The van der Waals surface area contributed by atoms with Gasteiger partial charge in [-0.25, -0.2) is 10.8 Å². The van der Waals surface area contributed by atoms with Gasteiger partial charge >= 0.3 is 11.6 Å². The first-order valence-corrected chi connectivity index (χ1v) is 6.23. The largest absolute Gasteiger partial charge is 0.434 e. The van der Waals surface area contributed by atoms with E-state index in [1.165, 1.54) is 0 Å². The van der Waals surface area contributed by atoms with Crippen LogP contribution in [0, 0.1) is 24.0 Å². The van der Waals surface area contributed by atoms with Crippen LogP contribution in [-0.2, 0) is 0 Å². The van der Waals surface area contributed by atoms with E-state index < -0.39 is 4.92 Å². The SMILES string of the molecule is Cc1cc(Oc2nc(NN)ncc2[N+](=O)[O-])cc(C)c1Cl. The highest BCUT2D eigenvalue weighted by atomic mass is 35.5. The van der Waals surface area contributed by atoms with E-state index in [-0.39, 0.29) is 17.5 Å². The van der Waals surface area contributed by atoms with Gasteiger partial charge in [0.1, 0.15) is 11.9 Å². The van der Waals surface area contributed by atoms with Crippen molar-refractivity contribution >= 4 is 23.2 Å². The third kappa shape index (κ3) is 3.18. The van der Waals surface area contributed by atoms with Crippen LogP contribution in [0.1, 0.15) is 11.1 Å². The van der Waals surface area contributed by atoms with E-state index in [2.05, 4.69) is 15.4 Å². The van der Waals surface area contributed by atoms with Crippen LogP contribution in [0.25, 0.3) is 0 Å². The van der Waals surface area contributed by atoms with Gasteiger partial charge in [-0.15, -0.1) is 0 Å². The van der Waals surface area contributed by atoms with Crippen molar-refractivity contribution < 1.29 is 9.66 Å². The molecule has 1 heterocycles. The average Bonchev–Trinajstić information content (AvgIpc) is 2.44. The van der Waals surface area contributed by atoms with Gasteiger partial charge in [0.15, 0.2) is 0 Å². The molecule has 0 fully saturated rings. The third-order valence-electron chi connectivity index (χ3n) is 2.69. The predicted octanol–water partition coefficient (Wildman–Crippen LogP) is 2.73. The first-order valence-electron chi connectivity index (χ1n) is 5.85. The maximum atomic E-state index is 11.0. The fraction of sp³-hybridized carbons (Fsp3) is 0.167. The number of benzene rings is 1. The van der Waals surface area contributed by atoms with Crippen molar-refractivity contribution in [1.29, 1.82) is 0 Å². The summed E-state index contributed by atoms with van der Waals surface area (Å²) in [6, 6.07) is 3.33. The van der Waals surface area contributed by atoms with Crippen molar-refractivity contribution in [3.63, 3.8) is 0 Å². The molecule has 3 N–H and O–H groups in total. The van der Waals surface area contributed by atoms with Gasteiger partial charge in [0.25, 0.3) is 0 Å².